The lowest BCUT2D eigenvalue weighted by Gasteiger charge is -2.33. The molecular formula is C29H30F6N4O5. The van der Waals surface area contributed by atoms with Gasteiger partial charge in [-0.15, -0.1) is 0 Å². The number of hydrogen-bond acceptors (Lipinski definition) is 8. The number of amides is 1. The van der Waals surface area contributed by atoms with E-state index in [1.54, 1.807) is 19.1 Å². The van der Waals surface area contributed by atoms with E-state index in [2.05, 4.69) is 9.97 Å². The molecule has 44 heavy (non-hydrogen) atoms. The van der Waals surface area contributed by atoms with E-state index < -0.39 is 34.8 Å². The Balaban J connectivity index is 1.75. The maximum Gasteiger partial charge on any atom is 0.430 e. The van der Waals surface area contributed by atoms with Gasteiger partial charge in [-0.3, -0.25) is 14.6 Å². The molecule has 0 bridgehead atoms. The van der Waals surface area contributed by atoms with Crippen LogP contribution in [0.3, 0.4) is 0 Å². The topological polar surface area (TPSA) is 128 Å². The molecule has 0 saturated carbocycles. The number of Topliss-reactive ketones (excluding diaryl/α,β-unsaturated/α-hetero) is 1. The molecule has 0 aliphatic rings. The molecule has 9 nitrogen and oxygen atoms in total. The average molecular weight is 629 g/mol. The van der Waals surface area contributed by atoms with Crippen LogP contribution in [0.25, 0.3) is 0 Å². The number of aliphatic hydroxyl groups is 1. The van der Waals surface area contributed by atoms with Gasteiger partial charge in [0.1, 0.15) is 17.0 Å². The normalized spacial score (nSPS) is 13.6. The van der Waals surface area contributed by atoms with Crippen LogP contribution >= 0.6 is 0 Å². The van der Waals surface area contributed by atoms with Crippen molar-refractivity contribution in [3.8, 4) is 17.4 Å². The van der Waals surface area contributed by atoms with Gasteiger partial charge in [-0.05, 0) is 54.8 Å². The summed E-state index contributed by atoms with van der Waals surface area (Å²) in [4.78, 5) is 34.0. The third-order valence-electron chi connectivity index (χ3n) is 6.83. The molecule has 0 aliphatic carbocycles. The van der Waals surface area contributed by atoms with Crippen molar-refractivity contribution in [1.29, 1.82) is 0 Å². The van der Waals surface area contributed by atoms with Crippen molar-refractivity contribution in [3.05, 3.63) is 77.2 Å². The van der Waals surface area contributed by atoms with Crippen LogP contribution in [0.1, 0.15) is 42.7 Å². The fraction of sp³-hybridized carbons (Fsp3) is 0.379. The van der Waals surface area contributed by atoms with Crippen molar-refractivity contribution < 1.29 is 50.5 Å². The van der Waals surface area contributed by atoms with E-state index in [1.165, 1.54) is 38.6 Å². The monoisotopic (exact) mass is 628 g/mol. The molecule has 1 unspecified atom stereocenters. The largest absolute Gasteiger partial charge is 0.481 e. The molecule has 1 amide bonds. The quantitative estimate of drug-likeness (QED) is 0.201. The molecule has 1 aromatic carbocycles. The number of nitrogens with two attached hydrogens (primary N) is 1. The first-order valence-corrected chi connectivity index (χ1v) is 13.1. The minimum atomic E-state index is -6.02. The van der Waals surface area contributed by atoms with E-state index in [0.29, 0.717) is 42.1 Å². The number of carbonyl (C=O) groups is 2. The number of nitrogens with zero attached hydrogens (tertiary/aromatic N) is 3. The van der Waals surface area contributed by atoms with Gasteiger partial charge in [-0.2, -0.15) is 26.3 Å². The summed E-state index contributed by atoms with van der Waals surface area (Å²) in [7, 11) is 1.44. The highest BCUT2D eigenvalue weighted by atomic mass is 19.4. The first-order chi connectivity index (χ1) is 20.5. The van der Waals surface area contributed by atoms with Crippen LogP contribution in [-0.4, -0.2) is 58.2 Å². The smallest absolute Gasteiger partial charge is 0.430 e. The average Bonchev–Trinajstić information content (AvgIpc) is 2.97. The summed E-state index contributed by atoms with van der Waals surface area (Å²) < 4.78 is 90.9. The molecule has 2 heterocycles. The van der Waals surface area contributed by atoms with E-state index >= 15 is 0 Å². The third kappa shape index (κ3) is 7.27. The van der Waals surface area contributed by atoms with Gasteiger partial charge in [0.25, 0.3) is 5.60 Å². The van der Waals surface area contributed by atoms with Gasteiger partial charge in [0.2, 0.25) is 12.3 Å². The standard InChI is InChI=1S/C29H30F6N4O5/c1-4-5-18-12-19(27(42,28(30,31)32)29(33,34)35)6-10-23(18)44-22-9-8-21(37-14-22)15-39(17-40)16-24(41)26(2,36)20-7-11-25(43-3)38-13-20/h6-14,17,42H,4-5,15-16,36H2,1-3H3. The van der Waals surface area contributed by atoms with Crippen LogP contribution in [0.4, 0.5) is 26.3 Å². The number of alkyl halides is 6. The van der Waals surface area contributed by atoms with E-state index in [-0.39, 0.29) is 36.6 Å². The Morgan fingerprint density at radius 1 is 1.00 bits per heavy atom. The molecule has 2 aromatic heterocycles. The van der Waals surface area contributed by atoms with E-state index in [9.17, 15) is 41.0 Å². The minimum absolute atomic E-state index is 0.00328. The van der Waals surface area contributed by atoms with Crippen LogP contribution in [-0.2, 0) is 33.7 Å². The highest BCUT2D eigenvalue weighted by Crippen LogP contribution is 2.50. The number of ketones is 1. The Labute approximate surface area is 248 Å². The van der Waals surface area contributed by atoms with Crippen LogP contribution in [0.2, 0.25) is 0 Å². The molecule has 0 fully saturated rings. The second-order valence-electron chi connectivity index (χ2n) is 10.1. The highest BCUT2D eigenvalue weighted by Gasteiger charge is 2.71. The molecule has 0 aliphatic heterocycles. The fourth-order valence-corrected chi connectivity index (χ4v) is 4.21. The number of methoxy groups -OCH3 is 1. The molecular weight excluding hydrogens is 598 g/mol. The van der Waals surface area contributed by atoms with Gasteiger partial charge in [-0.25, -0.2) is 4.98 Å². The lowest BCUT2D eigenvalue weighted by atomic mass is 9.89. The maximum atomic E-state index is 13.4. The second-order valence-corrected chi connectivity index (χ2v) is 10.1. The first kappa shape index (κ1) is 34.3. The Morgan fingerprint density at radius 2 is 1.66 bits per heavy atom. The van der Waals surface area contributed by atoms with Gasteiger partial charge in [0.15, 0.2) is 5.78 Å². The molecule has 1 atom stereocenters. The molecule has 238 valence electrons. The number of benzene rings is 1. The van der Waals surface area contributed by atoms with E-state index in [0.717, 1.165) is 11.0 Å². The molecule has 15 heteroatoms. The Morgan fingerprint density at radius 3 is 2.16 bits per heavy atom. The predicted octanol–water partition coefficient (Wildman–Crippen LogP) is 4.94. The molecule has 0 radical (unpaired) electrons. The van der Waals surface area contributed by atoms with Gasteiger partial charge in [0, 0.05) is 17.8 Å². The van der Waals surface area contributed by atoms with Crippen molar-refractivity contribution in [1.82, 2.24) is 14.9 Å². The van der Waals surface area contributed by atoms with Crippen LogP contribution in [0, 0.1) is 0 Å². The van der Waals surface area contributed by atoms with Crippen LogP contribution in [0.15, 0.2) is 54.9 Å². The van der Waals surface area contributed by atoms with Crippen molar-refractivity contribution in [3.63, 3.8) is 0 Å². The summed E-state index contributed by atoms with van der Waals surface area (Å²) in [6.07, 6.45) is -8.55. The first-order valence-electron chi connectivity index (χ1n) is 13.1. The second kappa shape index (κ2) is 13.2. The van der Waals surface area contributed by atoms with E-state index in [4.69, 9.17) is 15.2 Å². The van der Waals surface area contributed by atoms with Crippen LogP contribution < -0.4 is 15.2 Å². The fourth-order valence-electron chi connectivity index (χ4n) is 4.21. The van der Waals surface area contributed by atoms with Crippen molar-refractivity contribution in [2.24, 2.45) is 5.73 Å². The zero-order chi connectivity index (χ0) is 32.9. The summed E-state index contributed by atoms with van der Waals surface area (Å²) in [5.74, 6) is -0.0895. The van der Waals surface area contributed by atoms with Gasteiger partial charge >= 0.3 is 12.4 Å². The predicted molar refractivity (Wildman–Crippen MR) is 145 cm³/mol. The summed E-state index contributed by atoms with van der Waals surface area (Å²) >= 11 is 0. The zero-order valence-electron chi connectivity index (χ0n) is 23.9. The lowest BCUT2D eigenvalue weighted by molar-refractivity contribution is -0.376. The maximum absolute atomic E-state index is 13.4. The molecule has 3 rings (SSSR count). The van der Waals surface area contributed by atoms with Crippen LogP contribution in [0.5, 0.6) is 17.4 Å². The number of aryl methyl sites for hydroxylation is 1. The van der Waals surface area contributed by atoms with Gasteiger partial charge in [-0.1, -0.05) is 19.4 Å². The van der Waals surface area contributed by atoms with Crippen molar-refractivity contribution >= 4 is 12.2 Å². The number of hydrogen-bond donors (Lipinski definition) is 2. The number of halogens is 6. The molecule has 0 spiro atoms. The van der Waals surface area contributed by atoms with Gasteiger partial charge < -0.3 is 25.2 Å². The SMILES string of the molecule is CCCc1cc(C(O)(C(F)(F)F)C(F)(F)F)ccc1Oc1ccc(CN(C=O)CC(=O)C(C)(N)c2ccc(OC)nc2)nc1. The highest BCUT2D eigenvalue weighted by molar-refractivity contribution is 5.91. The summed E-state index contributed by atoms with van der Waals surface area (Å²) in [6.45, 7) is 2.71. The Bertz CT molecular complexity index is 1430. The number of carbonyl (C=O) groups excluding carboxylic acids is 2. The molecule has 0 saturated heterocycles. The Hall–Kier alpha value is -4.24. The van der Waals surface area contributed by atoms with Crippen molar-refractivity contribution in [2.45, 2.75) is 56.7 Å². The number of pyridine rings is 2. The number of aromatic nitrogens is 2. The third-order valence-corrected chi connectivity index (χ3v) is 6.83. The Kier molecular flexibility index (Phi) is 10.3. The summed E-state index contributed by atoms with van der Waals surface area (Å²) in [5.41, 5.74) is -0.926. The molecule has 3 aromatic rings. The summed E-state index contributed by atoms with van der Waals surface area (Å²) in [5, 5.41) is 9.76. The lowest BCUT2D eigenvalue weighted by Crippen LogP contribution is -2.53. The van der Waals surface area contributed by atoms with E-state index in [1.807, 2.05) is 0 Å². The zero-order valence-corrected chi connectivity index (χ0v) is 23.9. The molecule has 3 N–H and O–H groups in total. The number of rotatable bonds is 13. The minimum Gasteiger partial charge on any atom is -0.481 e. The van der Waals surface area contributed by atoms with Gasteiger partial charge in [0.05, 0.1) is 32.1 Å². The van der Waals surface area contributed by atoms with Crippen molar-refractivity contribution in [2.75, 3.05) is 13.7 Å². The number of ether oxygens (including phenoxy) is 2. The summed E-state index contributed by atoms with van der Waals surface area (Å²) in [6, 6.07) is 8.06.